The van der Waals surface area contributed by atoms with Gasteiger partial charge in [0.15, 0.2) is 0 Å². The van der Waals surface area contributed by atoms with Crippen LogP contribution >= 0.6 is 0 Å². The molecule has 0 heterocycles. The van der Waals surface area contributed by atoms with Crippen molar-refractivity contribution in [1.82, 2.24) is 5.32 Å². The van der Waals surface area contributed by atoms with Crippen LogP contribution in [0.15, 0.2) is 0 Å². The molecule has 1 N–H and O–H groups in total. The molecule has 0 aliphatic carbocycles. The fraction of sp³-hybridized carbons (Fsp3) is 0.909. The predicted octanol–water partition coefficient (Wildman–Crippen LogP) is 2.73. The molecule has 1 atom stereocenters. The van der Waals surface area contributed by atoms with Crippen molar-refractivity contribution in [2.45, 2.75) is 58.9 Å². The summed E-state index contributed by atoms with van der Waals surface area (Å²) >= 11 is 0. The number of carbonyl (C=O) groups is 1. The van der Waals surface area contributed by atoms with Crippen LogP contribution in [-0.4, -0.2) is 11.9 Å². The van der Waals surface area contributed by atoms with E-state index in [4.69, 9.17) is 0 Å². The summed E-state index contributed by atoms with van der Waals surface area (Å²) in [4.78, 5) is 10.4. The average Bonchev–Trinajstić information content (AvgIpc) is 2.04. The lowest BCUT2D eigenvalue weighted by atomic mass is 9.90. The second-order valence-electron chi connectivity index (χ2n) is 4.46. The van der Waals surface area contributed by atoms with Crippen LogP contribution in [0.2, 0.25) is 0 Å². The quantitative estimate of drug-likeness (QED) is 0.607. The zero-order valence-corrected chi connectivity index (χ0v) is 9.39. The van der Waals surface area contributed by atoms with Gasteiger partial charge in [-0.1, -0.05) is 33.6 Å². The molecule has 78 valence electrons. The van der Waals surface area contributed by atoms with Gasteiger partial charge >= 0.3 is 0 Å². The summed E-state index contributed by atoms with van der Waals surface area (Å²) in [5.41, 5.74) is 0.0106. The van der Waals surface area contributed by atoms with Gasteiger partial charge in [0.2, 0.25) is 6.41 Å². The summed E-state index contributed by atoms with van der Waals surface area (Å²) in [5.74, 6) is 0.761. The van der Waals surface area contributed by atoms with E-state index in [9.17, 15) is 4.79 Å². The van der Waals surface area contributed by atoms with Gasteiger partial charge in [-0.25, -0.2) is 0 Å². The highest BCUT2D eigenvalue weighted by molar-refractivity contribution is 5.47. The Morgan fingerprint density at radius 1 is 1.46 bits per heavy atom. The molecule has 2 heteroatoms. The van der Waals surface area contributed by atoms with Gasteiger partial charge in [-0.2, -0.15) is 0 Å². The van der Waals surface area contributed by atoms with Crippen molar-refractivity contribution in [3.63, 3.8) is 0 Å². The van der Waals surface area contributed by atoms with E-state index in [1.807, 2.05) is 0 Å². The monoisotopic (exact) mass is 185 g/mol. The number of rotatable bonds is 7. The second kappa shape index (κ2) is 6.01. The van der Waals surface area contributed by atoms with E-state index in [1.54, 1.807) is 0 Å². The first kappa shape index (κ1) is 12.5. The van der Waals surface area contributed by atoms with E-state index in [0.717, 1.165) is 25.2 Å². The molecule has 0 spiro atoms. The zero-order chi connectivity index (χ0) is 10.3. The summed E-state index contributed by atoms with van der Waals surface area (Å²) < 4.78 is 0. The Morgan fingerprint density at radius 3 is 2.46 bits per heavy atom. The van der Waals surface area contributed by atoms with Crippen LogP contribution in [0, 0.1) is 5.92 Å². The molecule has 2 nitrogen and oxygen atoms in total. The van der Waals surface area contributed by atoms with Gasteiger partial charge in [0, 0.05) is 5.54 Å². The molecule has 0 saturated heterocycles. The van der Waals surface area contributed by atoms with E-state index in [2.05, 4.69) is 33.0 Å². The van der Waals surface area contributed by atoms with Crippen molar-refractivity contribution in [2.24, 2.45) is 5.92 Å². The third kappa shape index (κ3) is 5.67. The van der Waals surface area contributed by atoms with Crippen molar-refractivity contribution in [2.75, 3.05) is 0 Å². The van der Waals surface area contributed by atoms with Gasteiger partial charge in [0.25, 0.3) is 0 Å². The van der Waals surface area contributed by atoms with Crippen LogP contribution in [0.5, 0.6) is 0 Å². The lowest BCUT2D eigenvalue weighted by Gasteiger charge is -2.27. The highest BCUT2D eigenvalue weighted by Gasteiger charge is 2.19. The molecule has 0 fully saturated rings. The van der Waals surface area contributed by atoms with E-state index in [-0.39, 0.29) is 5.54 Å². The van der Waals surface area contributed by atoms with Crippen molar-refractivity contribution >= 4 is 6.41 Å². The van der Waals surface area contributed by atoms with Gasteiger partial charge in [-0.05, 0) is 25.7 Å². The number of hydrogen-bond acceptors (Lipinski definition) is 1. The number of nitrogens with one attached hydrogen (secondary N) is 1. The van der Waals surface area contributed by atoms with Crippen molar-refractivity contribution in [1.29, 1.82) is 0 Å². The predicted molar refractivity (Wildman–Crippen MR) is 56.6 cm³/mol. The molecule has 0 aromatic rings. The summed E-state index contributed by atoms with van der Waals surface area (Å²) in [5, 5.41) is 2.90. The first-order valence-corrected chi connectivity index (χ1v) is 5.25. The Labute approximate surface area is 82.1 Å². The molecule has 0 saturated carbocycles. The maximum atomic E-state index is 10.4. The number of carbonyl (C=O) groups excluding carboxylic acids is 1. The molecule has 1 amide bonds. The van der Waals surface area contributed by atoms with Gasteiger partial charge < -0.3 is 5.32 Å². The Kier molecular flexibility index (Phi) is 5.76. The molecule has 0 aliphatic rings. The maximum Gasteiger partial charge on any atom is 0.207 e. The highest BCUT2D eigenvalue weighted by atomic mass is 16.1. The minimum atomic E-state index is 0.0106. The fourth-order valence-corrected chi connectivity index (χ4v) is 1.39. The van der Waals surface area contributed by atoms with E-state index in [0.29, 0.717) is 0 Å². The maximum absolute atomic E-state index is 10.4. The summed E-state index contributed by atoms with van der Waals surface area (Å²) in [6.45, 7) is 8.69. The molecule has 0 aromatic heterocycles. The first-order valence-electron chi connectivity index (χ1n) is 5.25. The van der Waals surface area contributed by atoms with Crippen molar-refractivity contribution in [3.05, 3.63) is 0 Å². The van der Waals surface area contributed by atoms with Crippen LogP contribution in [0.3, 0.4) is 0 Å². The molecular formula is C11H23NO. The van der Waals surface area contributed by atoms with E-state index in [1.165, 1.54) is 12.8 Å². The highest BCUT2D eigenvalue weighted by Crippen LogP contribution is 2.18. The van der Waals surface area contributed by atoms with Crippen LogP contribution in [-0.2, 0) is 4.79 Å². The Balaban J connectivity index is 3.76. The fourth-order valence-electron chi connectivity index (χ4n) is 1.39. The third-order valence-corrected chi connectivity index (χ3v) is 2.70. The molecule has 0 aliphatic heterocycles. The smallest absolute Gasteiger partial charge is 0.207 e. The molecule has 13 heavy (non-hydrogen) atoms. The van der Waals surface area contributed by atoms with E-state index < -0.39 is 0 Å². The topological polar surface area (TPSA) is 29.1 Å². The van der Waals surface area contributed by atoms with Crippen LogP contribution in [0.25, 0.3) is 0 Å². The SMILES string of the molecule is CCC(C)(CCCC(C)C)NC=O. The lowest BCUT2D eigenvalue weighted by molar-refractivity contribution is -0.111. The van der Waals surface area contributed by atoms with Crippen LogP contribution in [0.1, 0.15) is 53.4 Å². The lowest BCUT2D eigenvalue weighted by Crippen LogP contribution is -2.40. The molecule has 0 bridgehead atoms. The number of hydrogen-bond donors (Lipinski definition) is 1. The Bertz CT molecular complexity index is 145. The number of amides is 1. The summed E-state index contributed by atoms with van der Waals surface area (Å²) in [7, 11) is 0. The first-order chi connectivity index (χ1) is 6.04. The largest absolute Gasteiger partial charge is 0.354 e. The Hall–Kier alpha value is -0.530. The third-order valence-electron chi connectivity index (χ3n) is 2.70. The van der Waals surface area contributed by atoms with Gasteiger partial charge in [0.05, 0.1) is 0 Å². The van der Waals surface area contributed by atoms with Crippen LogP contribution < -0.4 is 5.32 Å². The summed E-state index contributed by atoms with van der Waals surface area (Å²) in [6, 6.07) is 0. The molecule has 1 unspecified atom stereocenters. The second-order valence-corrected chi connectivity index (χ2v) is 4.46. The Morgan fingerprint density at radius 2 is 2.08 bits per heavy atom. The molecule has 0 radical (unpaired) electrons. The van der Waals surface area contributed by atoms with E-state index >= 15 is 0 Å². The minimum Gasteiger partial charge on any atom is -0.354 e. The molecule has 0 aromatic carbocycles. The molecule has 0 rings (SSSR count). The van der Waals surface area contributed by atoms with Gasteiger partial charge in [0.1, 0.15) is 0 Å². The standard InChI is InChI=1S/C11H23NO/c1-5-11(4,12-9-13)8-6-7-10(2)3/h9-10H,5-8H2,1-4H3,(H,12,13). The zero-order valence-electron chi connectivity index (χ0n) is 9.39. The van der Waals surface area contributed by atoms with Crippen LogP contribution in [0.4, 0.5) is 0 Å². The minimum absolute atomic E-state index is 0.0106. The van der Waals surface area contributed by atoms with Crippen molar-refractivity contribution < 1.29 is 4.79 Å². The van der Waals surface area contributed by atoms with Crippen molar-refractivity contribution in [3.8, 4) is 0 Å². The van der Waals surface area contributed by atoms with Gasteiger partial charge in [-0.3, -0.25) is 4.79 Å². The summed E-state index contributed by atoms with van der Waals surface area (Å²) in [6.07, 6.45) is 5.35. The normalized spacial score (nSPS) is 15.5. The van der Waals surface area contributed by atoms with Gasteiger partial charge in [-0.15, -0.1) is 0 Å². The molecular weight excluding hydrogens is 162 g/mol. The average molecular weight is 185 g/mol.